The molecule has 3 aromatic heterocycles. The quantitative estimate of drug-likeness (QED) is 0.331. The van der Waals surface area contributed by atoms with Gasteiger partial charge in [0.25, 0.3) is 0 Å². The first-order valence-electron chi connectivity index (χ1n) is 10.7. The first-order chi connectivity index (χ1) is 16.6. The second-order valence-corrected chi connectivity index (χ2v) is 8.24. The van der Waals surface area contributed by atoms with Gasteiger partial charge in [-0.05, 0) is 47.7 Å². The fraction of sp³-hybridized carbons (Fsp3) is 0.160. The van der Waals surface area contributed by atoms with Crippen LogP contribution < -0.4 is 10.1 Å². The van der Waals surface area contributed by atoms with E-state index in [1.807, 2.05) is 31.2 Å². The van der Waals surface area contributed by atoms with E-state index in [1.165, 1.54) is 6.33 Å². The van der Waals surface area contributed by atoms with Crippen LogP contribution in [0, 0.1) is 6.92 Å². The van der Waals surface area contributed by atoms with E-state index in [0.717, 1.165) is 38.9 Å². The fourth-order valence-electron chi connectivity index (χ4n) is 4.09. The number of fused-ring (bicyclic) bond motifs is 1. The number of ether oxygens (including phenoxy) is 1. The van der Waals surface area contributed by atoms with Crippen molar-refractivity contribution >= 4 is 28.6 Å². The summed E-state index contributed by atoms with van der Waals surface area (Å²) in [5, 5.41) is 4.16. The van der Waals surface area contributed by atoms with E-state index in [2.05, 4.69) is 54.3 Å². The predicted octanol–water partition coefficient (Wildman–Crippen LogP) is 5.62. The second-order valence-electron chi connectivity index (χ2n) is 7.84. The van der Waals surface area contributed by atoms with Crippen LogP contribution in [0.5, 0.6) is 6.01 Å². The van der Waals surface area contributed by atoms with Gasteiger partial charge in [-0.15, -0.1) is 0 Å². The van der Waals surface area contributed by atoms with Crippen molar-refractivity contribution in [2.45, 2.75) is 19.9 Å². The molecule has 0 amide bonds. The van der Waals surface area contributed by atoms with E-state index in [-0.39, 0.29) is 6.04 Å². The van der Waals surface area contributed by atoms with Gasteiger partial charge < -0.3 is 15.0 Å². The van der Waals surface area contributed by atoms with Crippen molar-refractivity contribution in [1.82, 2.24) is 29.9 Å². The summed E-state index contributed by atoms with van der Waals surface area (Å²) in [6.07, 6.45) is 6.63. The summed E-state index contributed by atoms with van der Waals surface area (Å²) in [4.78, 5) is 24.6. The largest absolute Gasteiger partial charge is 0.467 e. The molecule has 0 spiro atoms. The molecule has 0 fully saturated rings. The molecule has 34 heavy (non-hydrogen) atoms. The van der Waals surface area contributed by atoms with E-state index in [0.29, 0.717) is 22.5 Å². The van der Waals surface area contributed by atoms with Crippen LogP contribution >= 0.6 is 11.6 Å². The van der Waals surface area contributed by atoms with Crippen molar-refractivity contribution in [3.05, 3.63) is 77.6 Å². The zero-order valence-corrected chi connectivity index (χ0v) is 19.6. The predicted molar refractivity (Wildman–Crippen MR) is 133 cm³/mol. The number of H-pyrrole nitrogens is 1. The Morgan fingerprint density at radius 3 is 2.47 bits per heavy atom. The van der Waals surface area contributed by atoms with Crippen molar-refractivity contribution in [3.63, 3.8) is 0 Å². The number of aromatic amines is 1. The number of benzene rings is 2. The molecule has 0 radical (unpaired) electrons. The topological polar surface area (TPSA) is 101 Å². The summed E-state index contributed by atoms with van der Waals surface area (Å²) in [7, 11) is 1.55. The van der Waals surface area contributed by atoms with Gasteiger partial charge in [-0.3, -0.25) is 0 Å². The molecule has 2 N–H and O–H groups in total. The number of hydrogen-bond donors (Lipinski definition) is 2. The molecule has 9 heteroatoms. The van der Waals surface area contributed by atoms with Gasteiger partial charge in [0.05, 0.1) is 19.5 Å². The summed E-state index contributed by atoms with van der Waals surface area (Å²) in [5.41, 5.74) is 7.24. The molecule has 0 aliphatic carbocycles. The highest BCUT2D eigenvalue weighted by molar-refractivity contribution is 6.32. The first-order valence-corrected chi connectivity index (χ1v) is 11.1. The molecule has 0 aliphatic heterocycles. The lowest BCUT2D eigenvalue weighted by Crippen LogP contribution is -2.11. The monoisotopic (exact) mass is 471 g/mol. The number of nitrogens with zero attached hydrogens (tertiary/aromatic N) is 5. The van der Waals surface area contributed by atoms with Crippen molar-refractivity contribution in [3.8, 4) is 28.3 Å². The number of methoxy groups -OCH3 is 1. The third kappa shape index (κ3) is 3.92. The highest BCUT2D eigenvalue weighted by Crippen LogP contribution is 2.43. The van der Waals surface area contributed by atoms with Crippen LogP contribution in [0.3, 0.4) is 0 Å². The summed E-state index contributed by atoms with van der Waals surface area (Å²) < 4.78 is 5.15. The maximum atomic E-state index is 6.78. The SMILES string of the molecule is COc1ncc(-c2c(C)c(Cl)cc(C(C)Nc3ncnc4nc[nH]c34)c2-c2ccccc2)cn1. The van der Waals surface area contributed by atoms with E-state index in [4.69, 9.17) is 16.3 Å². The molecule has 1 unspecified atom stereocenters. The zero-order valence-electron chi connectivity index (χ0n) is 18.9. The molecule has 5 rings (SSSR count). The third-order valence-electron chi connectivity index (χ3n) is 5.76. The highest BCUT2D eigenvalue weighted by atomic mass is 35.5. The van der Waals surface area contributed by atoms with Crippen LogP contribution in [0.2, 0.25) is 5.02 Å². The molecule has 170 valence electrons. The zero-order chi connectivity index (χ0) is 23.7. The minimum absolute atomic E-state index is 0.146. The molecule has 8 nitrogen and oxygen atoms in total. The lowest BCUT2D eigenvalue weighted by Gasteiger charge is -2.24. The normalized spacial score (nSPS) is 12.0. The van der Waals surface area contributed by atoms with E-state index < -0.39 is 0 Å². The van der Waals surface area contributed by atoms with Crippen LogP contribution in [0.4, 0.5) is 5.82 Å². The van der Waals surface area contributed by atoms with E-state index in [9.17, 15) is 0 Å². The summed E-state index contributed by atoms with van der Waals surface area (Å²) in [6.45, 7) is 4.08. The van der Waals surface area contributed by atoms with Gasteiger partial charge in [-0.1, -0.05) is 41.9 Å². The first kappa shape index (κ1) is 21.8. The van der Waals surface area contributed by atoms with Crippen LogP contribution in [-0.4, -0.2) is 37.0 Å². The Bertz CT molecular complexity index is 1450. The van der Waals surface area contributed by atoms with Crippen LogP contribution in [-0.2, 0) is 0 Å². The van der Waals surface area contributed by atoms with Gasteiger partial charge in [-0.2, -0.15) is 0 Å². The van der Waals surface area contributed by atoms with Crippen LogP contribution in [0.1, 0.15) is 24.1 Å². The number of imidazole rings is 1. The molecule has 2 aromatic carbocycles. The molecule has 0 saturated carbocycles. The summed E-state index contributed by atoms with van der Waals surface area (Å²) >= 11 is 6.78. The van der Waals surface area contributed by atoms with Crippen LogP contribution in [0.15, 0.2) is 61.4 Å². The molecular weight excluding hydrogens is 450 g/mol. The Kier molecular flexibility index (Phi) is 5.81. The van der Waals surface area contributed by atoms with Crippen LogP contribution in [0.25, 0.3) is 33.4 Å². The Hall–Kier alpha value is -4.04. The Labute approximate surface area is 201 Å². The number of aromatic nitrogens is 6. The maximum Gasteiger partial charge on any atom is 0.316 e. The lowest BCUT2D eigenvalue weighted by molar-refractivity contribution is 0.380. The minimum atomic E-state index is -0.146. The van der Waals surface area contributed by atoms with Gasteiger partial charge in [0.2, 0.25) is 0 Å². The van der Waals surface area contributed by atoms with Gasteiger partial charge >= 0.3 is 6.01 Å². The number of hydrogen-bond acceptors (Lipinski definition) is 7. The standard InChI is InChI=1S/C25H22ClN7O/c1-14-19(26)9-18(15(2)33-24-22-23(30-12-29-22)31-13-32-24)21(16-7-5-4-6-8-16)20(14)17-10-27-25(34-3)28-11-17/h4-13,15H,1-3H3,(H2,29,30,31,32,33). The van der Waals surface area contributed by atoms with Crippen molar-refractivity contribution in [2.24, 2.45) is 0 Å². The van der Waals surface area contributed by atoms with E-state index >= 15 is 0 Å². The van der Waals surface area contributed by atoms with Gasteiger partial charge in [-0.25, -0.2) is 24.9 Å². The number of anilines is 1. The fourth-order valence-corrected chi connectivity index (χ4v) is 4.31. The van der Waals surface area contributed by atoms with Gasteiger partial charge in [0, 0.05) is 23.0 Å². The highest BCUT2D eigenvalue weighted by Gasteiger charge is 2.22. The summed E-state index contributed by atoms with van der Waals surface area (Å²) in [5.74, 6) is 0.667. The van der Waals surface area contributed by atoms with Crippen molar-refractivity contribution in [2.75, 3.05) is 12.4 Å². The third-order valence-corrected chi connectivity index (χ3v) is 6.15. The van der Waals surface area contributed by atoms with Gasteiger partial charge in [0.15, 0.2) is 11.5 Å². The average molecular weight is 472 g/mol. The van der Waals surface area contributed by atoms with Crippen molar-refractivity contribution in [1.29, 1.82) is 0 Å². The number of rotatable bonds is 6. The number of nitrogens with one attached hydrogen (secondary N) is 2. The van der Waals surface area contributed by atoms with E-state index in [1.54, 1.807) is 25.8 Å². The average Bonchev–Trinajstić information content (AvgIpc) is 3.36. The van der Waals surface area contributed by atoms with Crippen molar-refractivity contribution < 1.29 is 4.74 Å². The Balaban J connectivity index is 1.70. The maximum absolute atomic E-state index is 6.78. The molecule has 3 heterocycles. The Morgan fingerprint density at radius 1 is 0.971 bits per heavy atom. The molecule has 1 atom stereocenters. The smallest absolute Gasteiger partial charge is 0.316 e. The lowest BCUT2D eigenvalue weighted by atomic mass is 9.86. The molecule has 0 saturated heterocycles. The molecule has 0 bridgehead atoms. The molecule has 0 aliphatic rings. The van der Waals surface area contributed by atoms with Gasteiger partial charge in [0.1, 0.15) is 11.8 Å². The number of halogens is 1. The molecule has 5 aromatic rings. The second kappa shape index (κ2) is 9.07. The Morgan fingerprint density at radius 2 is 1.74 bits per heavy atom. The minimum Gasteiger partial charge on any atom is -0.467 e. The summed E-state index contributed by atoms with van der Waals surface area (Å²) in [6, 6.07) is 12.4. The molecular formula is C25H22ClN7O.